The van der Waals surface area contributed by atoms with E-state index in [2.05, 4.69) is 0 Å². The number of aliphatic hydroxyl groups is 1. The standard InChI is InChI=1S/C8H13N3O3/c9-2-4-11-7(13)1-3-10(5-6-12)8(11)14/h1,3,12H,2,4-6,9H2. The molecular weight excluding hydrogens is 186 g/mol. The number of hydrogen-bond donors (Lipinski definition) is 2. The molecule has 1 heterocycles. The second kappa shape index (κ2) is 4.73. The summed E-state index contributed by atoms with van der Waals surface area (Å²) in [4.78, 5) is 22.7. The fraction of sp³-hybridized carbons (Fsp3) is 0.500. The number of hydrogen-bond acceptors (Lipinski definition) is 4. The molecular formula is C8H13N3O3. The molecule has 1 aromatic rings. The summed E-state index contributed by atoms with van der Waals surface area (Å²) < 4.78 is 2.33. The largest absolute Gasteiger partial charge is 0.395 e. The maximum Gasteiger partial charge on any atom is 0.331 e. The van der Waals surface area contributed by atoms with Crippen molar-refractivity contribution in [3.8, 4) is 0 Å². The first-order chi connectivity index (χ1) is 6.70. The SMILES string of the molecule is NCCn1c(=O)ccn(CCO)c1=O. The van der Waals surface area contributed by atoms with Crippen molar-refractivity contribution in [2.45, 2.75) is 13.1 Å². The van der Waals surface area contributed by atoms with Gasteiger partial charge in [0.2, 0.25) is 0 Å². The van der Waals surface area contributed by atoms with E-state index in [0.717, 1.165) is 4.57 Å². The molecule has 6 heteroatoms. The van der Waals surface area contributed by atoms with Gasteiger partial charge in [0.05, 0.1) is 13.2 Å². The van der Waals surface area contributed by atoms with Crippen molar-refractivity contribution in [2.24, 2.45) is 5.73 Å². The molecule has 0 amide bonds. The van der Waals surface area contributed by atoms with Crippen molar-refractivity contribution in [3.63, 3.8) is 0 Å². The molecule has 0 aromatic carbocycles. The zero-order chi connectivity index (χ0) is 10.6. The van der Waals surface area contributed by atoms with Crippen LogP contribution in [0.2, 0.25) is 0 Å². The minimum Gasteiger partial charge on any atom is -0.395 e. The van der Waals surface area contributed by atoms with E-state index >= 15 is 0 Å². The van der Waals surface area contributed by atoms with Crippen molar-refractivity contribution in [1.82, 2.24) is 9.13 Å². The first-order valence-corrected chi connectivity index (χ1v) is 4.32. The number of aliphatic hydroxyl groups excluding tert-OH is 1. The Balaban J connectivity index is 3.19. The third kappa shape index (κ3) is 2.09. The van der Waals surface area contributed by atoms with Gasteiger partial charge in [0.1, 0.15) is 0 Å². The van der Waals surface area contributed by atoms with Gasteiger partial charge in [-0.3, -0.25) is 13.9 Å². The molecule has 1 aromatic heterocycles. The summed E-state index contributed by atoms with van der Waals surface area (Å²) in [5.74, 6) is 0. The number of rotatable bonds is 4. The van der Waals surface area contributed by atoms with Crippen molar-refractivity contribution < 1.29 is 5.11 Å². The zero-order valence-electron chi connectivity index (χ0n) is 7.72. The lowest BCUT2D eigenvalue weighted by Crippen LogP contribution is -2.40. The first-order valence-electron chi connectivity index (χ1n) is 4.32. The van der Waals surface area contributed by atoms with E-state index < -0.39 is 5.69 Å². The summed E-state index contributed by atoms with van der Waals surface area (Å²) in [6.45, 7) is 0.479. The van der Waals surface area contributed by atoms with Crippen LogP contribution in [0.3, 0.4) is 0 Å². The average molecular weight is 199 g/mol. The summed E-state index contributed by atoms with van der Waals surface area (Å²) in [5.41, 5.74) is 4.47. The predicted molar refractivity (Wildman–Crippen MR) is 51.1 cm³/mol. The van der Waals surface area contributed by atoms with E-state index in [1.807, 2.05) is 0 Å². The third-order valence-electron chi connectivity index (χ3n) is 1.83. The molecule has 0 aliphatic rings. The number of nitrogens with zero attached hydrogens (tertiary/aromatic N) is 2. The molecule has 1 rings (SSSR count). The van der Waals surface area contributed by atoms with Gasteiger partial charge in [0, 0.05) is 25.4 Å². The van der Waals surface area contributed by atoms with E-state index in [1.54, 1.807) is 0 Å². The van der Waals surface area contributed by atoms with E-state index in [4.69, 9.17) is 10.8 Å². The Morgan fingerprint density at radius 2 is 2.07 bits per heavy atom. The molecule has 0 aliphatic carbocycles. The molecule has 0 bridgehead atoms. The van der Waals surface area contributed by atoms with Gasteiger partial charge in [-0.2, -0.15) is 0 Å². The van der Waals surface area contributed by atoms with Gasteiger partial charge in [-0.15, -0.1) is 0 Å². The predicted octanol–water partition coefficient (Wildman–Crippen LogP) is -2.04. The smallest absolute Gasteiger partial charge is 0.331 e. The Labute approximate surface area is 80.2 Å². The van der Waals surface area contributed by atoms with Crippen LogP contribution in [0.1, 0.15) is 0 Å². The maximum atomic E-state index is 11.5. The van der Waals surface area contributed by atoms with Crippen LogP contribution >= 0.6 is 0 Å². The minimum absolute atomic E-state index is 0.138. The lowest BCUT2D eigenvalue weighted by Gasteiger charge is -2.06. The van der Waals surface area contributed by atoms with Crippen LogP contribution in [0.25, 0.3) is 0 Å². The molecule has 3 N–H and O–H groups in total. The molecule has 0 aliphatic heterocycles. The highest BCUT2D eigenvalue weighted by Gasteiger charge is 2.02. The Morgan fingerprint density at radius 3 is 2.64 bits per heavy atom. The molecule has 6 nitrogen and oxygen atoms in total. The highest BCUT2D eigenvalue weighted by molar-refractivity contribution is 4.86. The monoisotopic (exact) mass is 199 g/mol. The van der Waals surface area contributed by atoms with Crippen LogP contribution in [0, 0.1) is 0 Å². The Hall–Kier alpha value is -1.40. The lowest BCUT2D eigenvalue weighted by atomic mass is 10.5. The summed E-state index contributed by atoms with van der Waals surface area (Å²) in [7, 11) is 0. The topological polar surface area (TPSA) is 90.2 Å². The quantitative estimate of drug-likeness (QED) is 0.584. The number of aromatic nitrogens is 2. The first kappa shape index (κ1) is 10.7. The zero-order valence-corrected chi connectivity index (χ0v) is 7.72. The Bertz CT molecular complexity index is 407. The van der Waals surface area contributed by atoms with Gasteiger partial charge >= 0.3 is 5.69 Å². The van der Waals surface area contributed by atoms with Gasteiger partial charge in [0.25, 0.3) is 5.56 Å². The summed E-state index contributed by atoms with van der Waals surface area (Å²) in [5, 5.41) is 8.66. The van der Waals surface area contributed by atoms with E-state index in [9.17, 15) is 9.59 Å². The van der Waals surface area contributed by atoms with Gasteiger partial charge < -0.3 is 10.8 Å². The van der Waals surface area contributed by atoms with Crippen LogP contribution in [0.5, 0.6) is 0 Å². The fourth-order valence-electron chi connectivity index (χ4n) is 1.17. The maximum absolute atomic E-state index is 11.5. The van der Waals surface area contributed by atoms with Crippen LogP contribution in [0.4, 0.5) is 0 Å². The van der Waals surface area contributed by atoms with Gasteiger partial charge in [-0.25, -0.2) is 4.79 Å². The molecule has 78 valence electrons. The Morgan fingerprint density at radius 1 is 1.36 bits per heavy atom. The second-order valence-corrected chi connectivity index (χ2v) is 2.79. The summed E-state index contributed by atoms with van der Waals surface area (Å²) >= 11 is 0. The van der Waals surface area contributed by atoms with Crippen LogP contribution in [-0.4, -0.2) is 27.4 Å². The van der Waals surface area contributed by atoms with Crippen molar-refractivity contribution in [1.29, 1.82) is 0 Å². The van der Waals surface area contributed by atoms with Crippen molar-refractivity contribution in [2.75, 3.05) is 13.2 Å². The van der Waals surface area contributed by atoms with Gasteiger partial charge in [-0.05, 0) is 0 Å². The molecule has 14 heavy (non-hydrogen) atoms. The minimum atomic E-state index is -0.433. The second-order valence-electron chi connectivity index (χ2n) is 2.79. The van der Waals surface area contributed by atoms with E-state index in [1.165, 1.54) is 16.8 Å². The molecule has 0 spiro atoms. The van der Waals surface area contributed by atoms with Gasteiger partial charge in [-0.1, -0.05) is 0 Å². The highest BCUT2D eigenvalue weighted by Crippen LogP contribution is 1.78. The summed E-state index contributed by atoms with van der Waals surface area (Å²) in [6, 6.07) is 1.28. The van der Waals surface area contributed by atoms with Gasteiger partial charge in [0.15, 0.2) is 0 Å². The molecule has 0 atom stereocenters. The Kier molecular flexibility index (Phi) is 3.61. The molecule has 0 unspecified atom stereocenters. The lowest BCUT2D eigenvalue weighted by molar-refractivity contribution is 0.271. The summed E-state index contributed by atoms with van der Waals surface area (Å²) in [6.07, 6.45) is 1.37. The fourth-order valence-corrected chi connectivity index (χ4v) is 1.17. The normalized spacial score (nSPS) is 10.4. The average Bonchev–Trinajstić information content (AvgIpc) is 2.17. The van der Waals surface area contributed by atoms with Crippen molar-refractivity contribution in [3.05, 3.63) is 33.1 Å². The van der Waals surface area contributed by atoms with Crippen LogP contribution < -0.4 is 17.0 Å². The highest BCUT2D eigenvalue weighted by atomic mass is 16.3. The van der Waals surface area contributed by atoms with Crippen molar-refractivity contribution >= 4 is 0 Å². The molecule has 0 saturated carbocycles. The molecule has 0 radical (unpaired) electrons. The van der Waals surface area contributed by atoms with Crippen LogP contribution in [0.15, 0.2) is 21.9 Å². The molecule has 0 saturated heterocycles. The van der Waals surface area contributed by atoms with Crippen LogP contribution in [-0.2, 0) is 13.1 Å². The molecule has 0 fully saturated rings. The number of nitrogens with two attached hydrogens (primary N) is 1. The van der Waals surface area contributed by atoms with E-state index in [0.29, 0.717) is 0 Å². The van der Waals surface area contributed by atoms with E-state index in [-0.39, 0.29) is 31.8 Å². The third-order valence-corrected chi connectivity index (χ3v) is 1.83.